The Kier molecular flexibility index (Phi) is 1.71. The van der Waals surface area contributed by atoms with Gasteiger partial charge in [0.15, 0.2) is 0 Å². The standard InChI is InChI=1S/C11H13N3O/c1-2-7-6-10-12-11(15)8-4-3-5-9(8)14(10)13-7/h6H,2-5H2,1H3,(H,12,15). The van der Waals surface area contributed by atoms with Gasteiger partial charge in [-0.3, -0.25) is 4.79 Å². The molecule has 0 saturated carbocycles. The van der Waals surface area contributed by atoms with E-state index in [1.54, 1.807) is 0 Å². The van der Waals surface area contributed by atoms with E-state index in [9.17, 15) is 4.79 Å². The Hall–Kier alpha value is -1.58. The number of nitrogens with zero attached hydrogens (tertiary/aromatic N) is 2. The van der Waals surface area contributed by atoms with Crippen molar-refractivity contribution in [2.75, 3.05) is 0 Å². The van der Waals surface area contributed by atoms with Crippen molar-refractivity contribution >= 4 is 5.65 Å². The van der Waals surface area contributed by atoms with Crippen molar-refractivity contribution in [1.29, 1.82) is 0 Å². The van der Waals surface area contributed by atoms with Crippen molar-refractivity contribution in [2.24, 2.45) is 0 Å². The number of aromatic nitrogens is 3. The molecule has 0 amide bonds. The fourth-order valence-corrected chi connectivity index (χ4v) is 2.30. The number of rotatable bonds is 1. The normalized spacial score (nSPS) is 14.7. The average molecular weight is 203 g/mol. The maximum absolute atomic E-state index is 11.7. The van der Waals surface area contributed by atoms with E-state index >= 15 is 0 Å². The van der Waals surface area contributed by atoms with Crippen molar-refractivity contribution in [3.8, 4) is 0 Å². The largest absolute Gasteiger partial charge is 0.307 e. The molecule has 0 unspecified atom stereocenters. The first-order valence-corrected chi connectivity index (χ1v) is 5.42. The maximum atomic E-state index is 11.7. The van der Waals surface area contributed by atoms with Gasteiger partial charge in [-0.25, -0.2) is 4.52 Å². The molecule has 2 heterocycles. The molecule has 0 atom stereocenters. The summed E-state index contributed by atoms with van der Waals surface area (Å²) in [6.07, 6.45) is 3.83. The molecule has 0 aliphatic heterocycles. The van der Waals surface area contributed by atoms with Crippen LogP contribution in [0.15, 0.2) is 10.9 Å². The molecule has 78 valence electrons. The fraction of sp³-hybridized carbons (Fsp3) is 0.455. The maximum Gasteiger partial charge on any atom is 0.254 e. The fourth-order valence-electron chi connectivity index (χ4n) is 2.30. The average Bonchev–Trinajstić information content (AvgIpc) is 2.80. The quantitative estimate of drug-likeness (QED) is 0.753. The van der Waals surface area contributed by atoms with E-state index in [1.165, 1.54) is 0 Å². The zero-order chi connectivity index (χ0) is 10.4. The molecule has 4 heteroatoms. The molecule has 0 radical (unpaired) electrons. The molecular weight excluding hydrogens is 190 g/mol. The Morgan fingerprint density at radius 3 is 3.20 bits per heavy atom. The number of hydrogen-bond acceptors (Lipinski definition) is 2. The molecule has 4 nitrogen and oxygen atoms in total. The van der Waals surface area contributed by atoms with E-state index in [4.69, 9.17) is 0 Å². The van der Waals surface area contributed by atoms with Crippen molar-refractivity contribution in [1.82, 2.24) is 14.6 Å². The summed E-state index contributed by atoms with van der Waals surface area (Å²) < 4.78 is 1.91. The van der Waals surface area contributed by atoms with Gasteiger partial charge in [-0.15, -0.1) is 0 Å². The van der Waals surface area contributed by atoms with Crippen molar-refractivity contribution in [2.45, 2.75) is 32.6 Å². The lowest BCUT2D eigenvalue weighted by atomic mass is 10.2. The highest BCUT2D eigenvalue weighted by Crippen LogP contribution is 2.19. The van der Waals surface area contributed by atoms with Gasteiger partial charge in [-0.1, -0.05) is 6.92 Å². The predicted octanol–water partition coefficient (Wildman–Crippen LogP) is 1.07. The number of H-pyrrole nitrogens is 1. The van der Waals surface area contributed by atoms with E-state index in [2.05, 4.69) is 17.0 Å². The van der Waals surface area contributed by atoms with Crippen LogP contribution in [0.4, 0.5) is 0 Å². The first-order valence-electron chi connectivity index (χ1n) is 5.42. The highest BCUT2D eigenvalue weighted by molar-refractivity contribution is 5.43. The molecule has 3 rings (SSSR count). The third-order valence-corrected chi connectivity index (χ3v) is 3.08. The van der Waals surface area contributed by atoms with Crippen molar-refractivity contribution in [3.05, 3.63) is 33.4 Å². The van der Waals surface area contributed by atoms with Crippen LogP contribution in [0.2, 0.25) is 0 Å². The molecule has 2 aromatic heterocycles. The lowest BCUT2D eigenvalue weighted by molar-refractivity contribution is 0.814. The summed E-state index contributed by atoms with van der Waals surface area (Å²) in [6, 6.07) is 1.96. The Morgan fingerprint density at radius 1 is 1.53 bits per heavy atom. The highest BCUT2D eigenvalue weighted by Gasteiger charge is 2.19. The minimum Gasteiger partial charge on any atom is -0.307 e. The summed E-state index contributed by atoms with van der Waals surface area (Å²) in [7, 11) is 0. The van der Waals surface area contributed by atoms with E-state index in [1.807, 2.05) is 10.6 Å². The monoisotopic (exact) mass is 203 g/mol. The van der Waals surface area contributed by atoms with Crippen LogP contribution in [0.1, 0.15) is 30.3 Å². The number of nitrogens with one attached hydrogen (secondary N) is 1. The summed E-state index contributed by atoms with van der Waals surface area (Å²) in [4.78, 5) is 14.6. The lowest BCUT2D eigenvalue weighted by Crippen LogP contribution is -2.15. The Balaban J connectivity index is 2.40. The lowest BCUT2D eigenvalue weighted by Gasteiger charge is -2.01. The molecule has 0 fully saturated rings. The topological polar surface area (TPSA) is 50.2 Å². The summed E-state index contributed by atoms with van der Waals surface area (Å²) in [6.45, 7) is 2.07. The summed E-state index contributed by atoms with van der Waals surface area (Å²) in [5.41, 5.74) is 3.96. The first kappa shape index (κ1) is 8.71. The number of aromatic amines is 1. The zero-order valence-electron chi connectivity index (χ0n) is 8.71. The van der Waals surface area contributed by atoms with E-state index in [0.717, 1.165) is 48.3 Å². The summed E-state index contributed by atoms with van der Waals surface area (Å²) >= 11 is 0. The molecule has 1 aliphatic rings. The molecule has 0 aromatic carbocycles. The van der Waals surface area contributed by atoms with Crippen LogP contribution in [0.25, 0.3) is 5.65 Å². The Bertz CT molecular complexity index is 579. The summed E-state index contributed by atoms with van der Waals surface area (Å²) in [5.74, 6) is 0. The van der Waals surface area contributed by atoms with Crippen molar-refractivity contribution < 1.29 is 0 Å². The van der Waals surface area contributed by atoms with Gasteiger partial charge in [0.2, 0.25) is 0 Å². The summed E-state index contributed by atoms with van der Waals surface area (Å²) in [5, 5.41) is 4.49. The van der Waals surface area contributed by atoms with E-state index in [-0.39, 0.29) is 5.56 Å². The molecule has 1 N–H and O–H groups in total. The first-order chi connectivity index (χ1) is 7.29. The molecule has 15 heavy (non-hydrogen) atoms. The van der Waals surface area contributed by atoms with Gasteiger partial charge in [0.05, 0.1) is 11.4 Å². The molecule has 0 saturated heterocycles. The third kappa shape index (κ3) is 1.14. The molecule has 0 bridgehead atoms. The zero-order valence-corrected chi connectivity index (χ0v) is 8.71. The number of fused-ring (bicyclic) bond motifs is 3. The minimum absolute atomic E-state index is 0.0672. The van der Waals surface area contributed by atoms with Crippen molar-refractivity contribution in [3.63, 3.8) is 0 Å². The predicted molar refractivity (Wildman–Crippen MR) is 57.2 cm³/mol. The highest BCUT2D eigenvalue weighted by atomic mass is 16.1. The SMILES string of the molecule is CCc1cc2[nH]c(=O)c3c(n2n1)CCC3. The molecule has 1 aliphatic carbocycles. The molecular formula is C11H13N3O. The van der Waals surface area contributed by atoms with Gasteiger partial charge in [-0.2, -0.15) is 5.10 Å². The van der Waals surface area contributed by atoms with Crippen LogP contribution in [-0.2, 0) is 19.3 Å². The van der Waals surface area contributed by atoms with Gasteiger partial charge in [0.1, 0.15) is 5.65 Å². The van der Waals surface area contributed by atoms with Crippen LogP contribution < -0.4 is 5.56 Å². The van der Waals surface area contributed by atoms with Crippen LogP contribution in [0.3, 0.4) is 0 Å². The van der Waals surface area contributed by atoms with Crippen LogP contribution in [-0.4, -0.2) is 14.6 Å². The minimum atomic E-state index is 0.0672. The second kappa shape index (κ2) is 2.95. The second-order valence-corrected chi connectivity index (χ2v) is 4.02. The van der Waals surface area contributed by atoms with Gasteiger partial charge < -0.3 is 4.98 Å². The van der Waals surface area contributed by atoms with Gasteiger partial charge >= 0.3 is 0 Å². The van der Waals surface area contributed by atoms with E-state index < -0.39 is 0 Å². The Labute approximate surface area is 86.9 Å². The van der Waals surface area contributed by atoms with E-state index in [0.29, 0.717) is 0 Å². The smallest absolute Gasteiger partial charge is 0.254 e. The van der Waals surface area contributed by atoms with Gasteiger partial charge in [0, 0.05) is 11.6 Å². The third-order valence-electron chi connectivity index (χ3n) is 3.08. The molecule has 0 spiro atoms. The van der Waals surface area contributed by atoms with Gasteiger partial charge in [0.25, 0.3) is 5.56 Å². The Morgan fingerprint density at radius 2 is 2.40 bits per heavy atom. The van der Waals surface area contributed by atoms with Gasteiger partial charge in [-0.05, 0) is 25.7 Å². The second-order valence-electron chi connectivity index (χ2n) is 4.02. The van der Waals surface area contributed by atoms with Crippen LogP contribution in [0, 0.1) is 0 Å². The molecule has 2 aromatic rings. The van der Waals surface area contributed by atoms with Crippen LogP contribution >= 0.6 is 0 Å². The van der Waals surface area contributed by atoms with Crippen LogP contribution in [0.5, 0.6) is 0 Å². The number of hydrogen-bond donors (Lipinski definition) is 1. The number of aryl methyl sites for hydroxylation is 2.